The van der Waals surface area contributed by atoms with Gasteiger partial charge in [0.15, 0.2) is 11.1 Å². The number of benzene rings is 1. The van der Waals surface area contributed by atoms with Gasteiger partial charge in [-0.25, -0.2) is 0 Å². The minimum atomic E-state index is -1.55. The number of hydrogen-bond acceptors (Lipinski definition) is 6. The predicted molar refractivity (Wildman–Crippen MR) is 97.4 cm³/mol. The summed E-state index contributed by atoms with van der Waals surface area (Å²) in [6, 6.07) is 8.36. The molecule has 0 spiro atoms. The summed E-state index contributed by atoms with van der Waals surface area (Å²) in [5, 5.41) is 10.2. The fourth-order valence-corrected chi connectivity index (χ4v) is 3.81. The number of aliphatic hydroxyl groups is 1. The van der Waals surface area contributed by atoms with Crippen LogP contribution in [0.5, 0.6) is 0 Å². The van der Waals surface area contributed by atoms with Crippen molar-refractivity contribution in [2.24, 2.45) is 4.99 Å². The van der Waals surface area contributed by atoms with Gasteiger partial charge in [0.1, 0.15) is 0 Å². The molecule has 1 saturated heterocycles. The summed E-state index contributed by atoms with van der Waals surface area (Å²) in [5.41, 5.74) is 8.25. The molecule has 1 aliphatic rings. The fraction of sp³-hybridized carbons (Fsp3) is 0.529. The zero-order chi connectivity index (χ0) is 17.6. The molecule has 1 aromatic carbocycles. The van der Waals surface area contributed by atoms with E-state index < -0.39 is 17.2 Å². The number of aromatic amines is 1. The van der Waals surface area contributed by atoms with E-state index in [0.717, 1.165) is 12.1 Å². The van der Waals surface area contributed by atoms with E-state index in [-0.39, 0.29) is 17.9 Å². The van der Waals surface area contributed by atoms with Gasteiger partial charge < -0.3 is 15.4 Å². The SMILES string of the molecule is Nc1n[s+]([O-])[nH]c1=NCC(O)Cc1cccc(CN2CCCCC2)c1. The summed E-state index contributed by atoms with van der Waals surface area (Å²) >= 11 is -1.55. The van der Waals surface area contributed by atoms with Crippen LogP contribution in [0.4, 0.5) is 5.82 Å². The third-order valence-electron chi connectivity index (χ3n) is 4.39. The molecule has 0 bridgehead atoms. The lowest BCUT2D eigenvalue weighted by atomic mass is 10.0. The first-order valence-electron chi connectivity index (χ1n) is 8.66. The summed E-state index contributed by atoms with van der Waals surface area (Å²) in [5.74, 6) is 0.120. The van der Waals surface area contributed by atoms with Crippen molar-refractivity contribution in [1.29, 1.82) is 0 Å². The smallest absolute Gasteiger partial charge is 0.229 e. The van der Waals surface area contributed by atoms with E-state index >= 15 is 0 Å². The molecule has 7 nitrogen and oxygen atoms in total. The van der Waals surface area contributed by atoms with Crippen LogP contribution in [0.15, 0.2) is 29.3 Å². The van der Waals surface area contributed by atoms with Gasteiger partial charge in [0.05, 0.1) is 12.6 Å². The van der Waals surface area contributed by atoms with Gasteiger partial charge in [0.25, 0.3) is 0 Å². The number of rotatable bonds is 6. The molecule has 0 radical (unpaired) electrons. The Morgan fingerprint density at radius 1 is 1.32 bits per heavy atom. The van der Waals surface area contributed by atoms with Gasteiger partial charge in [-0.2, -0.15) is 0 Å². The van der Waals surface area contributed by atoms with Crippen molar-refractivity contribution in [2.75, 3.05) is 25.4 Å². The summed E-state index contributed by atoms with van der Waals surface area (Å²) in [7, 11) is 0. The molecule has 2 heterocycles. The molecule has 25 heavy (non-hydrogen) atoms. The molecule has 136 valence electrons. The number of aliphatic hydroxyl groups excluding tert-OH is 1. The van der Waals surface area contributed by atoms with Crippen molar-refractivity contribution < 1.29 is 9.66 Å². The first-order valence-corrected chi connectivity index (χ1v) is 9.76. The molecule has 2 atom stereocenters. The molecule has 2 unspecified atom stereocenters. The monoisotopic (exact) mass is 363 g/mol. The Labute approximate surface area is 150 Å². The van der Waals surface area contributed by atoms with Crippen LogP contribution < -0.4 is 11.2 Å². The zero-order valence-electron chi connectivity index (χ0n) is 14.2. The normalized spacial score (nSPS) is 18.5. The second-order valence-electron chi connectivity index (χ2n) is 6.53. The predicted octanol–water partition coefficient (Wildman–Crippen LogP) is 1.21. The standard InChI is InChI=1S/C17H25N5O2S/c18-16-17(21-25(24)20-16)19-11-15(23)10-13-5-4-6-14(9-13)12-22-7-2-1-3-8-22/h4-6,9,15,23H,1-3,7-8,10-12H2,(H2,18,20)(H,19,21). The quantitative estimate of drug-likeness (QED) is 0.668. The Hall–Kier alpha value is -1.74. The van der Waals surface area contributed by atoms with Crippen LogP contribution in [0.25, 0.3) is 0 Å². The molecule has 8 heteroatoms. The zero-order valence-corrected chi connectivity index (χ0v) is 15.0. The lowest BCUT2D eigenvalue weighted by Gasteiger charge is -2.26. The largest absolute Gasteiger partial charge is 0.548 e. The van der Waals surface area contributed by atoms with Crippen LogP contribution in [0, 0.1) is 0 Å². The summed E-state index contributed by atoms with van der Waals surface area (Å²) < 4.78 is 17.4. The number of nitrogen functional groups attached to an aromatic ring is 1. The van der Waals surface area contributed by atoms with E-state index in [1.54, 1.807) is 0 Å². The maximum Gasteiger partial charge on any atom is 0.229 e. The van der Waals surface area contributed by atoms with Crippen molar-refractivity contribution in [3.05, 3.63) is 40.9 Å². The number of H-pyrrole nitrogens is 1. The topological polar surface area (TPSA) is 114 Å². The van der Waals surface area contributed by atoms with E-state index in [1.807, 2.05) is 12.1 Å². The minimum absolute atomic E-state index is 0.120. The van der Waals surface area contributed by atoms with E-state index in [4.69, 9.17) is 5.73 Å². The molecular weight excluding hydrogens is 338 g/mol. The number of likely N-dealkylation sites (tertiary alicyclic amines) is 1. The van der Waals surface area contributed by atoms with Gasteiger partial charge >= 0.3 is 0 Å². The first kappa shape index (κ1) is 18.1. The van der Waals surface area contributed by atoms with Crippen LogP contribution in [0.1, 0.15) is 30.4 Å². The second-order valence-corrected chi connectivity index (χ2v) is 7.42. The molecule has 1 fully saturated rings. The highest BCUT2D eigenvalue weighted by molar-refractivity contribution is 7.13. The summed E-state index contributed by atoms with van der Waals surface area (Å²) in [6.07, 6.45) is 3.79. The molecule has 0 amide bonds. The molecule has 3 rings (SSSR count). The van der Waals surface area contributed by atoms with Gasteiger partial charge in [0, 0.05) is 17.3 Å². The summed E-state index contributed by atoms with van der Waals surface area (Å²) in [6.45, 7) is 3.49. The van der Waals surface area contributed by atoms with Crippen molar-refractivity contribution in [3.63, 3.8) is 0 Å². The lowest BCUT2D eigenvalue weighted by molar-refractivity contribution is 0.182. The molecule has 4 N–H and O–H groups in total. The Morgan fingerprint density at radius 2 is 2.08 bits per heavy atom. The molecule has 0 aliphatic carbocycles. The van der Waals surface area contributed by atoms with Crippen molar-refractivity contribution in [2.45, 2.75) is 38.3 Å². The molecule has 1 aliphatic heterocycles. The molecule has 2 aromatic rings. The van der Waals surface area contributed by atoms with E-state index in [2.05, 4.69) is 30.8 Å². The minimum Gasteiger partial charge on any atom is -0.548 e. The van der Waals surface area contributed by atoms with Gasteiger partial charge in [-0.15, -0.1) is 4.37 Å². The molecular formula is C17H25N5O2S. The average Bonchev–Trinajstić information content (AvgIpc) is 2.92. The molecule has 0 saturated carbocycles. The van der Waals surface area contributed by atoms with E-state index in [1.165, 1.54) is 37.9 Å². The number of aromatic nitrogens is 2. The van der Waals surface area contributed by atoms with Crippen LogP contribution >= 0.6 is 11.1 Å². The Balaban J connectivity index is 1.57. The van der Waals surface area contributed by atoms with Gasteiger partial charge in [-0.05, 0) is 37.1 Å². The van der Waals surface area contributed by atoms with Gasteiger partial charge in [-0.1, -0.05) is 30.7 Å². The summed E-state index contributed by atoms with van der Waals surface area (Å²) in [4.78, 5) is 6.65. The van der Waals surface area contributed by atoms with Crippen molar-refractivity contribution in [1.82, 2.24) is 13.6 Å². The van der Waals surface area contributed by atoms with Crippen molar-refractivity contribution in [3.8, 4) is 0 Å². The number of nitrogens with one attached hydrogen (secondary N) is 1. The fourth-order valence-electron chi connectivity index (χ4n) is 3.17. The van der Waals surface area contributed by atoms with Crippen LogP contribution in [0.3, 0.4) is 0 Å². The number of nitrogens with zero attached hydrogens (tertiary/aromatic N) is 3. The van der Waals surface area contributed by atoms with Crippen LogP contribution in [-0.4, -0.2) is 49.0 Å². The van der Waals surface area contributed by atoms with Crippen molar-refractivity contribution >= 4 is 17.0 Å². The van der Waals surface area contributed by atoms with Crippen LogP contribution in [-0.2, 0) is 13.0 Å². The highest BCUT2D eigenvalue weighted by atomic mass is 32.2. The van der Waals surface area contributed by atoms with E-state index in [0.29, 0.717) is 6.42 Å². The second kappa shape index (κ2) is 8.57. The molecule has 1 aromatic heterocycles. The highest BCUT2D eigenvalue weighted by Crippen LogP contribution is 2.15. The third kappa shape index (κ3) is 5.37. The number of nitrogens with two attached hydrogens (primary N) is 1. The lowest BCUT2D eigenvalue weighted by Crippen LogP contribution is -2.29. The Kier molecular flexibility index (Phi) is 6.19. The van der Waals surface area contributed by atoms with Gasteiger partial charge in [-0.3, -0.25) is 9.89 Å². The number of piperidine rings is 1. The van der Waals surface area contributed by atoms with Crippen LogP contribution in [0.2, 0.25) is 0 Å². The Morgan fingerprint density at radius 3 is 2.80 bits per heavy atom. The highest BCUT2D eigenvalue weighted by Gasteiger charge is 2.12. The van der Waals surface area contributed by atoms with Gasteiger partial charge in [0.2, 0.25) is 11.3 Å². The third-order valence-corrected chi connectivity index (χ3v) is 5.12. The average molecular weight is 363 g/mol. The Bertz CT molecular complexity index is 751. The van der Waals surface area contributed by atoms with E-state index in [9.17, 15) is 9.66 Å². The maximum atomic E-state index is 11.2. The first-order chi connectivity index (χ1) is 12.1. The number of anilines is 1. The number of hydrogen-bond donors (Lipinski definition) is 3. The maximum absolute atomic E-state index is 11.2.